The maximum atomic E-state index is 13.6. The van der Waals surface area contributed by atoms with Gasteiger partial charge in [0.2, 0.25) is 0 Å². The highest BCUT2D eigenvalue weighted by molar-refractivity contribution is 6.02. The minimum Gasteiger partial charge on any atom is -0.411 e. The number of hydrogen-bond donors (Lipinski definition) is 2. The van der Waals surface area contributed by atoms with Crippen LogP contribution in [0.15, 0.2) is 23.4 Å². The van der Waals surface area contributed by atoms with Crippen molar-refractivity contribution >= 4 is 30.5 Å². The van der Waals surface area contributed by atoms with Crippen molar-refractivity contribution in [1.82, 2.24) is 5.32 Å². The molecule has 1 aliphatic rings. The van der Waals surface area contributed by atoms with Crippen LogP contribution in [0.3, 0.4) is 0 Å². The SMILES string of the molecule is Cl.Cl.ON=C(c1ccc(F)cc1F)C1CCNCC1. The maximum Gasteiger partial charge on any atom is 0.135 e. The van der Waals surface area contributed by atoms with E-state index in [1.54, 1.807) is 0 Å². The molecule has 7 heteroatoms. The van der Waals surface area contributed by atoms with Gasteiger partial charge in [-0.05, 0) is 38.1 Å². The number of benzene rings is 1. The number of rotatable bonds is 2. The summed E-state index contributed by atoms with van der Waals surface area (Å²) in [6.07, 6.45) is 1.58. The van der Waals surface area contributed by atoms with E-state index in [2.05, 4.69) is 10.5 Å². The minimum atomic E-state index is -0.684. The fourth-order valence-electron chi connectivity index (χ4n) is 2.15. The number of oxime groups is 1. The second-order valence-corrected chi connectivity index (χ2v) is 4.13. The zero-order valence-corrected chi connectivity index (χ0v) is 11.7. The summed E-state index contributed by atoms with van der Waals surface area (Å²) in [5.41, 5.74) is 0.491. The Morgan fingerprint density at radius 3 is 2.37 bits per heavy atom. The molecule has 1 fully saturated rings. The van der Waals surface area contributed by atoms with Gasteiger partial charge in [-0.25, -0.2) is 8.78 Å². The van der Waals surface area contributed by atoms with E-state index in [4.69, 9.17) is 5.21 Å². The molecule has 0 amide bonds. The van der Waals surface area contributed by atoms with Gasteiger partial charge in [-0.1, -0.05) is 5.16 Å². The molecule has 19 heavy (non-hydrogen) atoms. The van der Waals surface area contributed by atoms with Gasteiger partial charge in [0.05, 0.1) is 5.71 Å². The van der Waals surface area contributed by atoms with E-state index in [9.17, 15) is 8.78 Å². The second-order valence-electron chi connectivity index (χ2n) is 4.13. The molecule has 2 N–H and O–H groups in total. The monoisotopic (exact) mass is 312 g/mol. The normalized spacial score (nSPS) is 16.4. The first kappa shape index (κ1) is 18.1. The smallest absolute Gasteiger partial charge is 0.135 e. The van der Waals surface area contributed by atoms with Gasteiger partial charge in [0, 0.05) is 17.5 Å². The van der Waals surface area contributed by atoms with Gasteiger partial charge in [-0.3, -0.25) is 0 Å². The molecule has 0 unspecified atom stereocenters. The van der Waals surface area contributed by atoms with Gasteiger partial charge < -0.3 is 10.5 Å². The lowest BCUT2D eigenvalue weighted by Crippen LogP contribution is -2.32. The Hall–Kier alpha value is -0.910. The standard InChI is InChI=1S/C12H14F2N2O.2ClH/c13-9-1-2-10(11(14)7-9)12(16-17)8-3-5-15-6-4-8;;/h1-2,7-8,15,17H,3-6H2;2*1H. The van der Waals surface area contributed by atoms with E-state index in [1.165, 1.54) is 12.1 Å². The van der Waals surface area contributed by atoms with Gasteiger partial charge >= 0.3 is 0 Å². The Bertz CT molecular complexity index is 438. The van der Waals surface area contributed by atoms with Crippen molar-refractivity contribution < 1.29 is 14.0 Å². The predicted molar refractivity (Wildman–Crippen MR) is 74.8 cm³/mol. The molecule has 0 atom stereocenters. The van der Waals surface area contributed by atoms with Gasteiger partial charge in [0.25, 0.3) is 0 Å². The van der Waals surface area contributed by atoms with Crippen LogP contribution in [0, 0.1) is 17.6 Å². The molecule has 0 aromatic heterocycles. The summed E-state index contributed by atoms with van der Waals surface area (Å²) in [6.45, 7) is 1.62. The van der Waals surface area contributed by atoms with Crippen LogP contribution in [0.4, 0.5) is 8.78 Å². The Balaban J connectivity index is 0.00000162. The van der Waals surface area contributed by atoms with Gasteiger partial charge in [0.15, 0.2) is 0 Å². The number of piperidine rings is 1. The lowest BCUT2D eigenvalue weighted by Gasteiger charge is -2.23. The molecule has 3 nitrogen and oxygen atoms in total. The van der Waals surface area contributed by atoms with Crippen molar-refractivity contribution in [2.45, 2.75) is 12.8 Å². The van der Waals surface area contributed by atoms with E-state index in [1.807, 2.05) is 0 Å². The summed E-state index contributed by atoms with van der Waals surface area (Å²) < 4.78 is 26.4. The summed E-state index contributed by atoms with van der Waals surface area (Å²) in [6, 6.07) is 3.30. The van der Waals surface area contributed by atoms with Gasteiger partial charge in [-0.15, -0.1) is 24.8 Å². The van der Waals surface area contributed by atoms with Crippen LogP contribution >= 0.6 is 24.8 Å². The van der Waals surface area contributed by atoms with Crippen molar-refractivity contribution in [1.29, 1.82) is 0 Å². The molecule has 1 saturated heterocycles. The van der Waals surface area contributed by atoms with E-state index in [0.717, 1.165) is 32.0 Å². The van der Waals surface area contributed by atoms with E-state index in [-0.39, 0.29) is 36.3 Å². The zero-order valence-electron chi connectivity index (χ0n) is 10.1. The lowest BCUT2D eigenvalue weighted by molar-refractivity contribution is 0.311. The van der Waals surface area contributed by atoms with E-state index in [0.29, 0.717) is 5.71 Å². The highest BCUT2D eigenvalue weighted by Gasteiger charge is 2.23. The van der Waals surface area contributed by atoms with E-state index >= 15 is 0 Å². The van der Waals surface area contributed by atoms with Crippen molar-refractivity contribution in [2.75, 3.05) is 13.1 Å². The van der Waals surface area contributed by atoms with Gasteiger partial charge in [0.1, 0.15) is 11.6 Å². The first-order valence-electron chi connectivity index (χ1n) is 5.60. The van der Waals surface area contributed by atoms with Gasteiger partial charge in [-0.2, -0.15) is 0 Å². The minimum absolute atomic E-state index is 0. The Morgan fingerprint density at radius 1 is 1.21 bits per heavy atom. The summed E-state index contributed by atoms with van der Waals surface area (Å²) in [7, 11) is 0. The molecule has 0 spiro atoms. The number of halogens is 4. The highest BCUT2D eigenvalue weighted by Crippen LogP contribution is 2.21. The van der Waals surface area contributed by atoms with Crippen molar-refractivity contribution in [3.8, 4) is 0 Å². The fraction of sp³-hybridized carbons (Fsp3) is 0.417. The molecule has 0 bridgehead atoms. The lowest BCUT2D eigenvalue weighted by atomic mass is 9.88. The van der Waals surface area contributed by atoms with Crippen molar-refractivity contribution in [2.24, 2.45) is 11.1 Å². The Kier molecular flexibility index (Phi) is 7.90. The molecule has 108 valence electrons. The molecule has 2 rings (SSSR count). The third-order valence-electron chi connectivity index (χ3n) is 3.04. The summed E-state index contributed by atoms with van der Waals surface area (Å²) in [4.78, 5) is 0. The summed E-state index contributed by atoms with van der Waals surface area (Å²) >= 11 is 0. The first-order chi connectivity index (χ1) is 8.22. The van der Waals surface area contributed by atoms with Crippen LogP contribution < -0.4 is 5.32 Å². The number of nitrogens with one attached hydrogen (secondary N) is 1. The van der Waals surface area contributed by atoms with Crippen LogP contribution in [-0.2, 0) is 0 Å². The molecule has 1 aromatic rings. The quantitative estimate of drug-likeness (QED) is 0.501. The molecule has 0 aliphatic carbocycles. The first-order valence-corrected chi connectivity index (χ1v) is 5.60. The molecule has 1 aromatic carbocycles. The average molecular weight is 313 g/mol. The molecule has 1 aliphatic heterocycles. The summed E-state index contributed by atoms with van der Waals surface area (Å²) in [5, 5.41) is 15.4. The Labute approximate surface area is 122 Å². The van der Waals surface area contributed by atoms with Crippen molar-refractivity contribution in [3.63, 3.8) is 0 Å². The van der Waals surface area contributed by atoms with Crippen LogP contribution in [0.2, 0.25) is 0 Å². The van der Waals surface area contributed by atoms with Crippen LogP contribution in [-0.4, -0.2) is 24.0 Å². The molecular weight excluding hydrogens is 297 g/mol. The predicted octanol–water partition coefficient (Wildman–Crippen LogP) is 2.99. The number of nitrogens with zero attached hydrogens (tertiary/aromatic N) is 1. The molecule has 0 saturated carbocycles. The average Bonchev–Trinajstić information content (AvgIpc) is 2.34. The maximum absolute atomic E-state index is 13.6. The second kappa shape index (κ2) is 8.30. The fourth-order valence-corrected chi connectivity index (χ4v) is 2.15. The van der Waals surface area contributed by atoms with E-state index < -0.39 is 11.6 Å². The topological polar surface area (TPSA) is 44.6 Å². The molecular formula is C12H16Cl2F2N2O. The van der Waals surface area contributed by atoms with Crippen LogP contribution in [0.1, 0.15) is 18.4 Å². The summed E-state index contributed by atoms with van der Waals surface area (Å²) in [5.74, 6) is -1.30. The van der Waals surface area contributed by atoms with Crippen LogP contribution in [0.25, 0.3) is 0 Å². The number of hydrogen-bond acceptors (Lipinski definition) is 3. The largest absolute Gasteiger partial charge is 0.411 e. The third-order valence-corrected chi connectivity index (χ3v) is 3.04. The third kappa shape index (κ3) is 4.30. The van der Waals surface area contributed by atoms with Crippen LogP contribution in [0.5, 0.6) is 0 Å². The van der Waals surface area contributed by atoms with Crippen molar-refractivity contribution in [3.05, 3.63) is 35.4 Å². The highest BCUT2D eigenvalue weighted by atomic mass is 35.5. The molecule has 0 radical (unpaired) electrons. The molecule has 1 heterocycles. The Morgan fingerprint density at radius 2 is 1.84 bits per heavy atom. The zero-order chi connectivity index (χ0) is 12.3.